The number of nitrogens with one attached hydrogen (secondary N) is 2. The number of carbonyl (C=O) groups is 2. The minimum atomic E-state index is -5.10. The van der Waals surface area contributed by atoms with E-state index >= 15 is 0 Å². The number of rotatable bonds is 3. The summed E-state index contributed by atoms with van der Waals surface area (Å²) in [7, 11) is 1.73. The second-order valence-electron chi connectivity index (χ2n) is 7.30. The molecule has 4 rings (SSSR count). The SMILES string of the molecule is CCC(=O)NC1(C(F)(F)F)C(=O)Nc2nc3c(-c4cnn(C)c4)c(C)c(C)cc3n21. The zero-order chi connectivity index (χ0) is 22.0. The molecule has 158 valence electrons. The second kappa shape index (κ2) is 6.31. The van der Waals surface area contributed by atoms with Gasteiger partial charge in [-0.1, -0.05) is 6.92 Å². The summed E-state index contributed by atoms with van der Waals surface area (Å²) in [6, 6.07) is 1.54. The van der Waals surface area contributed by atoms with Gasteiger partial charge in [0.15, 0.2) is 0 Å². The van der Waals surface area contributed by atoms with Crippen molar-refractivity contribution in [2.24, 2.45) is 7.05 Å². The maximum atomic E-state index is 14.3. The number of benzene rings is 1. The fourth-order valence-electron chi connectivity index (χ4n) is 3.79. The van der Waals surface area contributed by atoms with Crippen LogP contribution in [-0.4, -0.2) is 37.3 Å². The normalized spacial score (nSPS) is 18.6. The Kier molecular flexibility index (Phi) is 4.19. The molecule has 2 aromatic heterocycles. The molecule has 30 heavy (non-hydrogen) atoms. The molecule has 0 aliphatic carbocycles. The summed E-state index contributed by atoms with van der Waals surface area (Å²) in [5, 5.41) is 8.23. The number of imidazole rings is 1. The number of alkyl halides is 3. The van der Waals surface area contributed by atoms with Crippen molar-refractivity contribution in [2.75, 3.05) is 5.32 Å². The predicted molar refractivity (Wildman–Crippen MR) is 103 cm³/mol. The molecule has 2 N–H and O–H groups in total. The number of aryl methyl sites for hydroxylation is 2. The Bertz CT molecular complexity index is 1210. The Hall–Kier alpha value is -3.37. The molecule has 1 atom stereocenters. The monoisotopic (exact) mass is 420 g/mol. The van der Waals surface area contributed by atoms with E-state index in [4.69, 9.17) is 0 Å². The van der Waals surface area contributed by atoms with Crippen LogP contribution in [0.25, 0.3) is 22.2 Å². The molecule has 1 aromatic carbocycles. The highest BCUT2D eigenvalue weighted by atomic mass is 19.4. The largest absolute Gasteiger partial charge is 0.440 e. The summed E-state index contributed by atoms with van der Waals surface area (Å²) in [5.41, 5.74) is -0.0818. The molecule has 1 unspecified atom stereocenters. The number of carbonyl (C=O) groups excluding carboxylic acids is 2. The van der Waals surface area contributed by atoms with Gasteiger partial charge in [0.05, 0.1) is 17.2 Å². The number of nitrogens with zero attached hydrogens (tertiary/aromatic N) is 4. The summed E-state index contributed by atoms with van der Waals surface area (Å²) in [4.78, 5) is 28.9. The molecule has 2 amide bonds. The highest BCUT2D eigenvalue weighted by Gasteiger charge is 2.67. The van der Waals surface area contributed by atoms with Gasteiger partial charge in [-0.2, -0.15) is 18.3 Å². The fraction of sp³-hybridized carbons (Fsp3) is 0.368. The highest BCUT2D eigenvalue weighted by Crippen LogP contribution is 2.46. The summed E-state index contributed by atoms with van der Waals surface area (Å²) in [6.07, 6.45) is -1.99. The van der Waals surface area contributed by atoms with E-state index in [0.29, 0.717) is 16.7 Å². The lowest BCUT2D eigenvalue weighted by Gasteiger charge is -2.32. The van der Waals surface area contributed by atoms with Crippen molar-refractivity contribution in [1.29, 1.82) is 0 Å². The van der Waals surface area contributed by atoms with Gasteiger partial charge in [-0.3, -0.25) is 24.2 Å². The molecular weight excluding hydrogens is 401 g/mol. The quantitative estimate of drug-likeness (QED) is 0.681. The van der Waals surface area contributed by atoms with E-state index in [9.17, 15) is 22.8 Å². The first kappa shape index (κ1) is 19.9. The van der Waals surface area contributed by atoms with Crippen molar-refractivity contribution in [3.63, 3.8) is 0 Å². The van der Waals surface area contributed by atoms with E-state index in [1.165, 1.54) is 6.92 Å². The number of hydrogen-bond donors (Lipinski definition) is 2. The third kappa shape index (κ3) is 2.54. The third-order valence-electron chi connectivity index (χ3n) is 5.40. The molecule has 0 spiro atoms. The van der Waals surface area contributed by atoms with Gasteiger partial charge < -0.3 is 5.32 Å². The fourth-order valence-corrected chi connectivity index (χ4v) is 3.79. The lowest BCUT2D eigenvalue weighted by atomic mass is 9.97. The first-order chi connectivity index (χ1) is 14.0. The molecule has 0 fully saturated rings. The zero-order valence-electron chi connectivity index (χ0n) is 16.7. The van der Waals surface area contributed by atoms with Gasteiger partial charge in [0.25, 0.3) is 11.6 Å². The Morgan fingerprint density at radius 2 is 2.03 bits per heavy atom. The number of hydrogen-bond acceptors (Lipinski definition) is 4. The van der Waals surface area contributed by atoms with Crippen LogP contribution < -0.4 is 10.6 Å². The van der Waals surface area contributed by atoms with Gasteiger partial charge >= 0.3 is 6.18 Å². The summed E-state index contributed by atoms with van der Waals surface area (Å²) >= 11 is 0. The van der Waals surface area contributed by atoms with Gasteiger partial charge in [0.1, 0.15) is 0 Å². The van der Waals surface area contributed by atoms with Crippen molar-refractivity contribution in [1.82, 2.24) is 24.6 Å². The Morgan fingerprint density at radius 1 is 1.33 bits per heavy atom. The average molecular weight is 420 g/mol. The van der Waals surface area contributed by atoms with Crippen molar-refractivity contribution in [3.05, 3.63) is 29.6 Å². The zero-order valence-corrected chi connectivity index (χ0v) is 16.7. The number of halogens is 3. The van der Waals surface area contributed by atoms with Gasteiger partial charge in [-0.15, -0.1) is 0 Å². The van der Waals surface area contributed by atoms with Crippen LogP contribution in [0.1, 0.15) is 24.5 Å². The van der Waals surface area contributed by atoms with E-state index in [2.05, 4.69) is 15.4 Å². The minimum Gasteiger partial charge on any atom is -0.317 e. The molecule has 3 heterocycles. The molecule has 0 saturated carbocycles. The van der Waals surface area contributed by atoms with E-state index in [0.717, 1.165) is 10.1 Å². The van der Waals surface area contributed by atoms with Gasteiger partial charge in [0.2, 0.25) is 11.9 Å². The van der Waals surface area contributed by atoms with Crippen molar-refractivity contribution < 1.29 is 22.8 Å². The number of fused-ring (bicyclic) bond motifs is 3. The first-order valence-electron chi connectivity index (χ1n) is 9.22. The van der Waals surface area contributed by atoms with Crippen molar-refractivity contribution in [3.8, 4) is 11.1 Å². The number of aromatic nitrogens is 4. The van der Waals surface area contributed by atoms with Gasteiger partial charge in [-0.25, -0.2) is 4.98 Å². The maximum absolute atomic E-state index is 14.3. The topological polar surface area (TPSA) is 93.8 Å². The summed E-state index contributed by atoms with van der Waals surface area (Å²) in [6.45, 7) is 5.02. The predicted octanol–water partition coefficient (Wildman–Crippen LogP) is 2.75. The van der Waals surface area contributed by atoms with E-state index in [-0.39, 0.29) is 23.4 Å². The van der Waals surface area contributed by atoms with Crippen LogP contribution >= 0.6 is 0 Å². The lowest BCUT2D eigenvalue weighted by molar-refractivity contribution is -0.217. The summed E-state index contributed by atoms with van der Waals surface area (Å²) in [5.74, 6) is -2.59. The Balaban J connectivity index is 2.09. The van der Waals surface area contributed by atoms with E-state index in [1.54, 1.807) is 37.1 Å². The molecule has 0 saturated heterocycles. The number of anilines is 1. The second-order valence-corrected chi connectivity index (χ2v) is 7.30. The lowest BCUT2D eigenvalue weighted by Crippen LogP contribution is -2.63. The van der Waals surface area contributed by atoms with Crippen LogP contribution in [0.5, 0.6) is 0 Å². The number of amides is 2. The molecule has 1 aliphatic rings. The smallest absolute Gasteiger partial charge is 0.317 e. The molecule has 1 aliphatic heterocycles. The van der Waals surface area contributed by atoms with Crippen LogP contribution in [0.15, 0.2) is 18.5 Å². The van der Waals surface area contributed by atoms with Crippen LogP contribution in [-0.2, 0) is 22.3 Å². The molecular formula is C19H19F3N6O2. The molecule has 11 heteroatoms. The summed E-state index contributed by atoms with van der Waals surface area (Å²) < 4.78 is 45.3. The van der Waals surface area contributed by atoms with Crippen molar-refractivity contribution >= 4 is 28.8 Å². The molecule has 0 bridgehead atoms. The highest BCUT2D eigenvalue weighted by molar-refractivity contribution is 6.07. The molecule has 3 aromatic rings. The van der Waals surface area contributed by atoms with Gasteiger partial charge in [0, 0.05) is 30.8 Å². The van der Waals surface area contributed by atoms with Crippen LogP contribution in [0.4, 0.5) is 19.1 Å². The third-order valence-corrected chi connectivity index (χ3v) is 5.40. The van der Waals surface area contributed by atoms with Crippen LogP contribution in [0.3, 0.4) is 0 Å². The maximum Gasteiger partial charge on any atom is 0.440 e. The molecule has 8 nitrogen and oxygen atoms in total. The van der Waals surface area contributed by atoms with E-state index in [1.807, 2.05) is 12.2 Å². The average Bonchev–Trinajstić information content (AvgIpc) is 3.30. The molecule has 0 radical (unpaired) electrons. The van der Waals surface area contributed by atoms with Crippen LogP contribution in [0, 0.1) is 13.8 Å². The Labute approximate surface area is 169 Å². The Morgan fingerprint density at radius 3 is 2.60 bits per heavy atom. The van der Waals surface area contributed by atoms with Crippen molar-refractivity contribution in [2.45, 2.75) is 39.0 Å². The first-order valence-corrected chi connectivity index (χ1v) is 9.22. The van der Waals surface area contributed by atoms with E-state index < -0.39 is 23.7 Å². The standard InChI is InChI=1S/C19H19F3N6O2/c1-5-13(29)26-18(19(20,21)22)16(30)25-17-24-15-12(28(17)18)6-9(2)10(3)14(15)11-7-23-27(4)8-11/h6-8H,5H2,1-4H3,(H,26,29)(H,24,25,30). The minimum absolute atomic E-state index is 0.0824. The van der Waals surface area contributed by atoms with Gasteiger partial charge in [-0.05, 0) is 31.0 Å². The van der Waals surface area contributed by atoms with Crippen LogP contribution in [0.2, 0.25) is 0 Å².